The van der Waals surface area contributed by atoms with Crippen LogP contribution in [-0.4, -0.2) is 6.04 Å². The van der Waals surface area contributed by atoms with Crippen molar-refractivity contribution in [2.75, 3.05) is 0 Å². The van der Waals surface area contributed by atoms with Crippen LogP contribution in [0.5, 0.6) is 0 Å². The van der Waals surface area contributed by atoms with E-state index in [0.29, 0.717) is 6.04 Å². The van der Waals surface area contributed by atoms with E-state index in [2.05, 4.69) is 20.8 Å². The molecule has 1 aliphatic carbocycles. The molecule has 78 valence electrons. The Kier molecular flexibility index (Phi) is 4.24. The van der Waals surface area contributed by atoms with Gasteiger partial charge in [0.05, 0.1) is 0 Å². The number of hydrogen-bond donors (Lipinski definition) is 1. The Morgan fingerprint density at radius 1 is 1.23 bits per heavy atom. The minimum Gasteiger partial charge on any atom is -0.328 e. The van der Waals surface area contributed by atoms with Gasteiger partial charge in [0, 0.05) is 6.04 Å². The van der Waals surface area contributed by atoms with E-state index >= 15 is 0 Å². The van der Waals surface area contributed by atoms with Crippen molar-refractivity contribution in [1.82, 2.24) is 0 Å². The maximum atomic E-state index is 6.02. The van der Waals surface area contributed by atoms with E-state index in [-0.39, 0.29) is 0 Å². The smallest absolute Gasteiger partial charge is 0.00443 e. The Bertz CT molecular complexity index is 142. The number of hydrogen-bond acceptors (Lipinski definition) is 1. The van der Waals surface area contributed by atoms with Crippen LogP contribution in [0.1, 0.15) is 52.9 Å². The molecule has 2 N–H and O–H groups in total. The van der Waals surface area contributed by atoms with Gasteiger partial charge in [-0.25, -0.2) is 0 Å². The molecule has 0 heterocycles. The molecule has 0 saturated heterocycles. The highest BCUT2D eigenvalue weighted by molar-refractivity contribution is 4.85. The SMILES string of the molecule is CCCC1CC(N)CC1CC(C)C. The molecule has 1 aliphatic rings. The highest BCUT2D eigenvalue weighted by Crippen LogP contribution is 2.37. The van der Waals surface area contributed by atoms with Gasteiger partial charge in [0.2, 0.25) is 0 Å². The van der Waals surface area contributed by atoms with Crippen LogP contribution in [0.4, 0.5) is 0 Å². The van der Waals surface area contributed by atoms with Gasteiger partial charge in [-0.3, -0.25) is 0 Å². The second-order valence-electron chi connectivity index (χ2n) is 5.17. The summed E-state index contributed by atoms with van der Waals surface area (Å²) in [6.45, 7) is 6.94. The first kappa shape index (κ1) is 11.0. The fraction of sp³-hybridized carbons (Fsp3) is 1.00. The van der Waals surface area contributed by atoms with Crippen LogP contribution in [0.3, 0.4) is 0 Å². The van der Waals surface area contributed by atoms with Crippen molar-refractivity contribution in [3.05, 3.63) is 0 Å². The molecule has 0 aromatic carbocycles. The number of rotatable bonds is 4. The lowest BCUT2D eigenvalue weighted by molar-refractivity contribution is 0.306. The zero-order chi connectivity index (χ0) is 9.84. The van der Waals surface area contributed by atoms with Gasteiger partial charge in [-0.05, 0) is 37.0 Å². The molecule has 3 unspecified atom stereocenters. The van der Waals surface area contributed by atoms with Crippen molar-refractivity contribution in [3.63, 3.8) is 0 Å². The Hall–Kier alpha value is -0.0400. The van der Waals surface area contributed by atoms with E-state index in [1.165, 1.54) is 32.1 Å². The monoisotopic (exact) mass is 183 g/mol. The standard InChI is InChI=1S/C12H25N/c1-4-5-10-7-12(13)8-11(10)6-9(2)3/h9-12H,4-8,13H2,1-3H3. The van der Waals surface area contributed by atoms with E-state index in [0.717, 1.165) is 17.8 Å². The molecule has 0 aromatic rings. The highest BCUT2D eigenvalue weighted by atomic mass is 14.7. The average Bonchev–Trinajstić information content (AvgIpc) is 2.31. The van der Waals surface area contributed by atoms with Gasteiger partial charge < -0.3 is 5.73 Å². The first-order chi connectivity index (χ1) is 6.13. The molecule has 3 atom stereocenters. The zero-order valence-electron chi connectivity index (χ0n) is 9.42. The summed E-state index contributed by atoms with van der Waals surface area (Å²) in [5.41, 5.74) is 6.02. The molecule has 13 heavy (non-hydrogen) atoms. The minimum absolute atomic E-state index is 0.500. The lowest BCUT2D eigenvalue weighted by Gasteiger charge is -2.20. The van der Waals surface area contributed by atoms with Crippen LogP contribution >= 0.6 is 0 Å². The van der Waals surface area contributed by atoms with Crippen molar-refractivity contribution >= 4 is 0 Å². The van der Waals surface area contributed by atoms with Crippen molar-refractivity contribution in [1.29, 1.82) is 0 Å². The summed E-state index contributed by atoms with van der Waals surface area (Å²) in [6.07, 6.45) is 6.67. The van der Waals surface area contributed by atoms with Gasteiger partial charge in [0.1, 0.15) is 0 Å². The largest absolute Gasteiger partial charge is 0.328 e. The number of nitrogens with two attached hydrogens (primary N) is 1. The maximum absolute atomic E-state index is 6.02. The molecule has 0 aliphatic heterocycles. The van der Waals surface area contributed by atoms with Gasteiger partial charge in [-0.2, -0.15) is 0 Å². The van der Waals surface area contributed by atoms with Crippen LogP contribution in [0.15, 0.2) is 0 Å². The summed E-state index contributed by atoms with van der Waals surface area (Å²) < 4.78 is 0. The van der Waals surface area contributed by atoms with Gasteiger partial charge in [-0.15, -0.1) is 0 Å². The van der Waals surface area contributed by atoms with Crippen molar-refractivity contribution in [2.45, 2.75) is 58.9 Å². The summed E-state index contributed by atoms with van der Waals surface area (Å²) in [5.74, 6) is 2.70. The first-order valence-corrected chi connectivity index (χ1v) is 5.89. The third-order valence-electron chi connectivity index (χ3n) is 3.31. The van der Waals surface area contributed by atoms with Crippen LogP contribution in [0.2, 0.25) is 0 Å². The van der Waals surface area contributed by atoms with Gasteiger partial charge >= 0.3 is 0 Å². The predicted octanol–water partition coefficient (Wildman–Crippen LogP) is 3.19. The summed E-state index contributed by atoms with van der Waals surface area (Å²) in [5, 5.41) is 0. The molecule has 1 nitrogen and oxygen atoms in total. The van der Waals surface area contributed by atoms with Crippen LogP contribution in [0, 0.1) is 17.8 Å². The maximum Gasteiger partial charge on any atom is 0.00443 e. The Morgan fingerprint density at radius 2 is 1.85 bits per heavy atom. The summed E-state index contributed by atoms with van der Waals surface area (Å²) in [6, 6.07) is 0.500. The van der Waals surface area contributed by atoms with Crippen LogP contribution < -0.4 is 5.73 Å². The lowest BCUT2D eigenvalue weighted by atomic mass is 9.86. The Morgan fingerprint density at radius 3 is 2.38 bits per heavy atom. The minimum atomic E-state index is 0.500. The predicted molar refractivity (Wildman–Crippen MR) is 58.6 cm³/mol. The fourth-order valence-corrected chi connectivity index (χ4v) is 2.88. The summed E-state index contributed by atoms with van der Waals surface area (Å²) >= 11 is 0. The Balaban J connectivity index is 2.40. The van der Waals surface area contributed by atoms with Crippen molar-refractivity contribution in [3.8, 4) is 0 Å². The van der Waals surface area contributed by atoms with Crippen LogP contribution in [-0.2, 0) is 0 Å². The third kappa shape index (κ3) is 3.30. The van der Waals surface area contributed by atoms with Crippen molar-refractivity contribution in [2.24, 2.45) is 23.5 Å². The molecule has 0 bridgehead atoms. The molecular weight excluding hydrogens is 158 g/mol. The highest BCUT2D eigenvalue weighted by Gasteiger charge is 2.31. The van der Waals surface area contributed by atoms with E-state index < -0.39 is 0 Å². The lowest BCUT2D eigenvalue weighted by Crippen LogP contribution is -2.15. The molecule has 1 heteroatoms. The molecule has 1 rings (SSSR count). The Labute approximate surface area is 83.1 Å². The van der Waals surface area contributed by atoms with Crippen molar-refractivity contribution < 1.29 is 0 Å². The second kappa shape index (κ2) is 4.99. The molecule has 0 spiro atoms. The second-order valence-corrected chi connectivity index (χ2v) is 5.17. The molecule has 1 saturated carbocycles. The third-order valence-corrected chi connectivity index (χ3v) is 3.31. The normalized spacial score (nSPS) is 34.4. The van der Waals surface area contributed by atoms with Gasteiger partial charge in [0.15, 0.2) is 0 Å². The first-order valence-electron chi connectivity index (χ1n) is 5.89. The average molecular weight is 183 g/mol. The summed E-state index contributed by atoms with van der Waals surface area (Å²) in [7, 11) is 0. The molecule has 0 amide bonds. The quantitative estimate of drug-likeness (QED) is 0.711. The molecule has 0 radical (unpaired) electrons. The van der Waals surface area contributed by atoms with E-state index in [1.807, 2.05) is 0 Å². The fourth-order valence-electron chi connectivity index (χ4n) is 2.88. The topological polar surface area (TPSA) is 26.0 Å². The van der Waals surface area contributed by atoms with Gasteiger partial charge in [-0.1, -0.05) is 33.6 Å². The molecule has 0 aromatic heterocycles. The van der Waals surface area contributed by atoms with E-state index in [9.17, 15) is 0 Å². The summed E-state index contributed by atoms with van der Waals surface area (Å²) in [4.78, 5) is 0. The van der Waals surface area contributed by atoms with Crippen LogP contribution in [0.25, 0.3) is 0 Å². The molecule has 1 fully saturated rings. The molecular formula is C12H25N. The van der Waals surface area contributed by atoms with Gasteiger partial charge in [0.25, 0.3) is 0 Å². The van der Waals surface area contributed by atoms with E-state index in [4.69, 9.17) is 5.73 Å². The zero-order valence-corrected chi connectivity index (χ0v) is 9.42. The van der Waals surface area contributed by atoms with E-state index in [1.54, 1.807) is 0 Å².